The third kappa shape index (κ3) is 1.03. The van der Waals surface area contributed by atoms with Crippen LogP contribution in [-0.4, -0.2) is 29.2 Å². The van der Waals surface area contributed by atoms with Crippen LogP contribution in [0.4, 0.5) is 0 Å². The molecule has 2 bridgehead atoms. The molecule has 0 unspecified atom stereocenters. The Bertz CT molecular complexity index is 398. The zero-order valence-corrected chi connectivity index (χ0v) is 8.46. The van der Waals surface area contributed by atoms with Gasteiger partial charge in [-0.1, -0.05) is 12.2 Å². The number of carboxylic acid groups (broad SMARTS) is 1. The molecule has 1 saturated heterocycles. The minimum atomic E-state index is -1.39. The van der Waals surface area contributed by atoms with Crippen LogP contribution in [0, 0.1) is 23.7 Å². The number of carbonyl (C=O) groups excluding carboxylic acids is 3. The summed E-state index contributed by atoms with van der Waals surface area (Å²) in [5, 5.41) is 10.5. The van der Waals surface area contributed by atoms with Gasteiger partial charge in [0.2, 0.25) is 11.8 Å². The summed E-state index contributed by atoms with van der Waals surface area (Å²) >= 11 is 0. The summed E-state index contributed by atoms with van der Waals surface area (Å²) in [6.07, 6.45) is 4.80. The van der Waals surface area contributed by atoms with Crippen LogP contribution < -0.4 is 5.11 Å². The van der Waals surface area contributed by atoms with E-state index in [0.29, 0.717) is 0 Å². The maximum atomic E-state index is 11.9. The number of carboxylic acids is 1. The van der Waals surface area contributed by atoms with Crippen LogP contribution in [0.2, 0.25) is 0 Å². The molecule has 0 radical (unpaired) electrons. The van der Waals surface area contributed by atoms with Gasteiger partial charge in [0.25, 0.3) is 0 Å². The van der Waals surface area contributed by atoms with Gasteiger partial charge in [-0.15, -0.1) is 0 Å². The molecule has 0 aromatic rings. The van der Waals surface area contributed by atoms with Crippen LogP contribution in [0.3, 0.4) is 0 Å². The molecule has 1 heterocycles. The molecule has 2 fully saturated rings. The maximum Gasteiger partial charge on any atom is 0.234 e. The number of nitrogens with zero attached hydrogens (tertiary/aromatic N) is 1. The Kier molecular flexibility index (Phi) is 1.75. The molecule has 0 aromatic heterocycles. The fourth-order valence-electron chi connectivity index (χ4n) is 3.25. The number of rotatable bonds is 2. The van der Waals surface area contributed by atoms with E-state index in [1.807, 2.05) is 12.2 Å². The van der Waals surface area contributed by atoms with E-state index in [2.05, 4.69) is 0 Å². The molecule has 16 heavy (non-hydrogen) atoms. The number of likely N-dealkylation sites (tertiary alicyclic amines) is 1. The van der Waals surface area contributed by atoms with Gasteiger partial charge in [0.15, 0.2) is 0 Å². The van der Waals surface area contributed by atoms with Crippen LogP contribution in [0.1, 0.15) is 6.42 Å². The third-order valence-electron chi connectivity index (χ3n) is 3.85. The predicted octanol–water partition coefficient (Wildman–Crippen LogP) is -1.46. The molecule has 5 heteroatoms. The van der Waals surface area contributed by atoms with Gasteiger partial charge in [-0.25, -0.2) is 0 Å². The van der Waals surface area contributed by atoms with E-state index in [0.717, 1.165) is 11.3 Å². The van der Waals surface area contributed by atoms with E-state index in [9.17, 15) is 19.5 Å². The lowest BCUT2D eigenvalue weighted by atomic mass is 9.85. The van der Waals surface area contributed by atoms with Gasteiger partial charge in [-0.3, -0.25) is 14.5 Å². The number of allylic oxidation sites excluding steroid dienone is 2. The smallest absolute Gasteiger partial charge is 0.234 e. The van der Waals surface area contributed by atoms with Crippen LogP contribution in [0.15, 0.2) is 12.2 Å². The number of carbonyl (C=O) groups is 3. The predicted molar refractivity (Wildman–Crippen MR) is 49.4 cm³/mol. The lowest BCUT2D eigenvalue weighted by molar-refractivity contribution is -0.305. The van der Waals surface area contributed by atoms with Gasteiger partial charge in [-0.05, 0) is 18.3 Å². The second kappa shape index (κ2) is 2.93. The monoisotopic (exact) mass is 220 g/mol. The topological polar surface area (TPSA) is 77.5 Å². The fraction of sp³-hybridized carbons (Fsp3) is 0.545. The first-order valence-electron chi connectivity index (χ1n) is 5.33. The van der Waals surface area contributed by atoms with Gasteiger partial charge in [0, 0.05) is 0 Å². The van der Waals surface area contributed by atoms with Crippen molar-refractivity contribution in [1.82, 2.24) is 4.90 Å². The highest BCUT2D eigenvalue weighted by Gasteiger charge is 2.59. The molecular formula is C11H10NO4-. The molecule has 5 nitrogen and oxygen atoms in total. The van der Waals surface area contributed by atoms with E-state index < -0.39 is 12.5 Å². The molecule has 84 valence electrons. The number of hydrogen-bond donors (Lipinski definition) is 0. The lowest BCUT2D eigenvalue weighted by Crippen LogP contribution is -2.42. The van der Waals surface area contributed by atoms with E-state index in [4.69, 9.17) is 0 Å². The number of amides is 2. The average molecular weight is 220 g/mol. The molecular weight excluding hydrogens is 210 g/mol. The van der Waals surface area contributed by atoms with Crippen molar-refractivity contribution in [2.45, 2.75) is 6.42 Å². The molecule has 3 aliphatic rings. The van der Waals surface area contributed by atoms with E-state index in [-0.39, 0.29) is 35.5 Å². The molecule has 3 rings (SSSR count). The number of hydrogen-bond acceptors (Lipinski definition) is 4. The van der Waals surface area contributed by atoms with Gasteiger partial charge in [0.05, 0.1) is 24.3 Å². The average Bonchev–Trinajstić information content (AvgIpc) is 2.87. The van der Waals surface area contributed by atoms with Gasteiger partial charge in [0.1, 0.15) is 0 Å². The maximum absolute atomic E-state index is 11.9. The van der Waals surface area contributed by atoms with Crippen molar-refractivity contribution in [3.63, 3.8) is 0 Å². The zero-order chi connectivity index (χ0) is 11.4. The van der Waals surface area contributed by atoms with E-state index in [1.54, 1.807) is 0 Å². The Hall–Kier alpha value is -1.65. The van der Waals surface area contributed by atoms with Crippen molar-refractivity contribution in [1.29, 1.82) is 0 Å². The highest BCUT2D eigenvalue weighted by atomic mass is 16.4. The fourth-order valence-corrected chi connectivity index (χ4v) is 3.25. The summed E-state index contributed by atoms with van der Waals surface area (Å²) in [6, 6.07) is 0. The second-order valence-corrected chi connectivity index (χ2v) is 4.63. The van der Waals surface area contributed by atoms with Crippen molar-refractivity contribution in [3.05, 3.63) is 12.2 Å². The first-order valence-corrected chi connectivity index (χ1v) is 5.33. The van der Waals surface area contributed by atoms with Crippen LogP contribution in [0.25, 0.3) is 0 Å². The summed E-state index contributed by atoms with van der Waals surface area (Å²) < 4.78 is 0. The van der Waals surface area contributed by atoms with Gasteiger partial charge >= 0.3 is 0 Å². The third-order valence-corrected chi connectivity index (χ3v) is 3.85. The number of imide groups is 1. The van der Waals surface area contributed by atoms with Crippen molar-refractivity contribution in [3.8, 4) is 0 Å². The zero-order valence-electron chi connectivity index (χ0n) is 8.46. The largest absolute Gasteiger partial charge is 0.548 e. The molecule has 2 aliphatic carbocycles. The van der Waals surface area contributed by atoms with Crippen molar-refractivity contribution in [2.75, 3.05) is 6.54 Å². The lowest BCUT2D eigenvalue weighted by Gasteiger charge is -2.17. The Morgan fingerprint density at radius 3 is 2.19 bits per heavy atom. The minimum absolute atomic E-state index is 0.123. The molecule has 0 aromatic carbocycles. The summed E-state index contributed by atoms with van der Waals surface area (Å²) in [5.41, 5.74) is 0. The Morgan fingerprint density at radius 1 is 1.25 bits per heavy atom. The molecule has 1 saturated carbocycles. The van der Waals surface area contributed by atoms with Crippen LogP contribution >= 0.6 is 0 Å². The summed E-state index contributed by atoms with van der Waals surface area (Å²) in [6.45, 7) is -0.607. The number of fused-ring (bicyclic) bond motifs is 5. The molecule has 0 N–H and O–H groups in total. The summed E-state index contributed by atoms with van der Waals surface area (Å²) in [5.74, 6) is -2.45. The Labute approximate surface area is 91.7 Å². The van der Waals surface area contributed by atoms with Crippen LogP contribution in [-0.2, 0) is 14.4 Å². The standard InChI is InChI=1S/C11H11NO4/c13-7(14)4-12-10(15)8-5-1-2-6(3-5)9(8)11(12)16/h1-2,5-6,8-9H,3-4H2,(H,13,14)/p-1/t5-,6+,8-,9-/m0/s1. The quantitative estimate of drug-likeness (QED) is 0.421. The Morgan fingerprint density at radius 2 is 1.75 bits per heavy atom. The molecule has 2 amide bonds. The van der Waals surface area contributed by atoms with Gasteiger partial charge < -0.3 is 9.90 Å². The van der Waals surface area contributed by atoms with Crippen molar-refractivity contribution in [2.24, 2.45) is 23.7 Å². The van der Waals surface area contributed by atoms with Crippen molar-refractivity contribution >= 4 is 17.8 Å². The SMILES string of the molecule is O=C([O-])CN1C(=O)[C@@H]2[C@@H](C1=O)[C@H]1C=C[C@@H]2C1. The molecule has 4 atom stereocenters. The minimum Gasteiger partial charge on any atom is -0.548 e. The molecule has 0 spiro atoms. The van der Waals surface area contributed by atoms with Gasteiger partial charge in [-0.2, -0.15) is 0 Å². The van der Waals surface area contributed by atoms with Crippen molar-refractivity contribution < 1.29 is 19.5 Å². The first kappa shape index (κ1) is 9.57. The normalized spacial score (nSPS) is 39.6. The Balaban J connectivity index is 1.91. The second-order valence-electron chi connectivity index (χ2n) is 4.63. The number of aliphatic carboxylic acids is 1. The van der Waals surface area contributed by atoms with E-state index in [1.165, 1.54) is 0 Å². The first-order chi connectivity index (χ1) is 7.59. The van der Waals surface area contributed by atoms with E-state index >= 15 is 0 Å². The highest BCUT2D eigenvalue weighted by molar-refractivity contribution is 6.07. The molecule has 1 aliphatic heterocycles. The summed E-state index contributed by atoms with van der Waals surface area (Å²) in [7, 11) is 0. The highest BCUT2D eigenvalue weighted by Crippen LogP contribution is 2.52. The summed E-state index contributed by atoms with van der Waals surface area (Å²) in [4.78, 5) is 35.1. The van der Waals surface area contributed by atoms with Crippen LogP contribution in [0.5, 0.6) is 0 Å².